The number of hydrogen-bond acceptors (Lipinski definition) is 4. The number of carboxylic acid groups (broad SMARTS) is 1. The second-order valence-corrected chi connectivity index (χ2v) is 3.74. The highest BCUT2D eigenvalue weighted by Crippen LogP contribution is 2.25. The molecule has 0 saturated carbocycles. The Morgan fingerprint density at radius 2 is 1.88 bits per heavy atom. The Balaban J connectivity index is 4.70. The van der Waals surface area contributed by atoms with Crippen LogP contribution in [0.3, 0.4) is 0 Å². The summed E-state index contributed by atoms with van der Waals surface area (Å²) in [6.45, 7) is 3.17. The zero-order chi connectivity index (χ0) is 12.8. The van der Waals surface area contributed by atoms with Crippen LogP contribution in [0.4, 0.5) is 0 Å². The molecule has 6 heteroatoms. The molecular weight excluding hydrogens is 212 g/mol. The van der Waals surface area contributed by atoms with Crippen molar-refractivity contribution in [1.82, 2.24) is 5.32 Å². The fraction of sp³-hybridized carbons (Fsp3) is 0.800. The van der Waals surface area contributed by atoms with Crippen LogP contribution in [0.1, 0.15) is 26.7 Å². The van der Waals surface area contributed by atoms with Gasteiger partial charge in [0.05, 0.1) is 12.0 Å². The Hall–Kier alpha value is -1.14. The van der Waals surface area contributed by atoms with Crippen molar-refractivity contribution in [2.75, 3.05) is 13.2 Å². The van der Waals surface area contributed by atoms with Crippen molar-refractivity contribution in [2.45, 2.75) is 32.7 Å². The summed E-state index contributed by atoms with van der Waals surface area (Å²) in [6, 6.07) is -1.27. The van der Waals surface area contributed by atoms with Gasteiger partial charge in [-0.1, -0.05) is 13.8 Å². The number of hydrogen-bond donors (Lipinski definition) is 4. The van der Waals surface area contributed by atoms with E-state index in [1.165, 1.54) is 0 Å². The summed E-state index contributed by atoms with van der Waals surface area (Å²) in [5.41, 5.74) is 4.81. The van der Waals surface area contributed by atoms with Crippen LogP contribution >= 0.6 is 0 Å². The molecular formula is C10H20N2O4. The summed E-state index contributed by atoms with van der Waals surface area (Å²) >= 11 is 0. The number of rotatable bonds is 7. The average Bonchev–Trinajstić information content (AvgIpc) is 2.28. The van der Waals surface area contributed by atoms with Crippen LogP contribution in [0.5, 0.6) is 0 Å². The standard InChI is InChI=1S/C10H20N2O4/c1-3-10(4-2,6-11)9(16)12-7(5-13)8(14)15/h7,13H,3-6,11H2,1-2H3,(H,12,16)(H,14,15)/t7-/m1/s1. The highest BCUT2D eigenvalue weighted by Gasteiger charge is 2.35. The molecule has 0 spiro atoms. The number of aliphatic carboxylic acids is 1. The minimum atomic E-state index is -1.27. The smallest absolute Gasteiger partial charge is 0.328 e. The quantitative estimate of drug-likeness (QED) is 0.464. The van der Waals surface area contributed by atoms with E-state index in [2.05, 4.69) is 5.32 Å². The van der Waals surface area contributed by atoms with E-state index in [9.17, 15) is 9.59 Å². The molecule has 1 atom stereocenters. The van der Waals surface area contributed by atoms with Crippen molar-refractivity contribution in [1.29, 1.82) is 0 Å². The first-order valence-corrected chi connectivity index (χ1v) is 5.32. The second kappa shape index (κ2) is 6.44. The topological polar surface area (TPSA) is 113 Å². The molecule has 5 N–H and O–H groups in total. The Morgan fingerprint density at radius 3 is 2.12 bits per heavy atom. The molecule has 0 aromatic carbocycles. The first-order valence-electron chi connectivity index (χ1n) is 5.32. The number of nitrogens with one attached hydrogen (secondary N) is 1. The lowest BCUT2D eigenvalue weighted by Gasteiger charge is -2.29. The van der Waals surface area contributed by atoms with Crippen LogP contribution in [0.25, 0.3) is 0 Å². The zero-order valence-corrected chi connectivity index (χ0v) is 9.69. The summed E-state index contributed by atoms with van der Waals surface area (Å²) in [5, 5.41) is 19.8. The van der Waals surface area contributed by atoms with Gasteiger partial charge in [-0.2, -0.15) is 0 Å². The number of amides is 1. The lowest BCUT2D eigenvalue weighted by atomic mass is 9.81. The van der Waals surface area contributed by atoms with Crippen molar-refractivity contribution < 1.29 is 19.8 Å². The van der Waals surface area contributed by atoms with Crippen LogP contribution in [-0.4, -0.2) is 41.3 Å². The van der Waals surface area contributed by atoms with Gasteiger partial charge in [0.25, 0.3) is 0 Å². The molecule has 0 aliphatic heterocycles. The van der Waals surface area contributed by atoms with E-state index in [-0.39, 0.29) is 6.54 Å². The Labute approximate surface area is 94.8 Å². The van der Waals surface area contributed by atoms with Crippen LogP contribution in [-0.2, 0) is 9.59 Å². The van der Waals surface area contributed by atoms with Gasteiger partial charge in [-0.25, -0.2) is 4.79 Å². The van der Waals surface area contributed by atoms with Gasteiger partial charge < -0.3 is 21.3 Å². The van der Waals surface area contributed by atoms with E-state index < -0.39 is 29.9 Å². The first kappa shape index (κ1) is 14.9. The second-order valence-electron chi connectivity index (χ2n) is 3.74. The molecule has 0 aromatic rings. The van der Waals surface area contributed by atoms with Gasteiger partial charge in [0.15, 0.2) is 0 Å². The number of carbonyl (C=O) groups is 2. The highest BCUT2D eigenvalue weighted by molar-refractivity contribution is 5.87. The minimum Gasteiger partial charge on any atom is -0.480 e. The number of aliphatic hydroxyl groups is 1. The average molecular weight is 232 g/mol. The molecule has 0 heterocycles. The van der Waals surface area contributed by atoms with Gasteiger partial charge in [-0.05, 0) is 12.8 Å². The maximum atomic E-state index is 11.9. The Kier molecular flexibility index (Phi) is 5.98. The third-order valence-electron chi connectivity index (χ3n) is 3.01. The molecule has 0 aromatic heterocycles. The molecule has 0 aliphatic rings. The molecule has 6 nitrogen and oxygen atoms in total. The normalized spacial score (nSPS) is 13.2. The van der Waals surface area contributed by atoms with Crippen LogP contribution in [0, 0.1) is 5.41 Å². The van der Waals surface area contributed by atoms with Gasteiger partial charge in [-0.3, -0.25) is 4.79 Å². The fourth-order valence-electron chi connectivity index (χ4n) is 1.45. The summed E-state index contributed by atoms with van der Waals surface area (Å²) in [6.07, 6.45) is 1.06. The van der Waals surface area contributed by atoms with Crippen molar-refractivity contribution >= 4 is 11.9 Å². The summed E-state index contributed by atoms with van der Waals surface area (Å²) < 4.78 is 0. The van der Waals surface area contributed by atoms with Crippen molar-refractivity contribution in [2.24, 2.45) is 11.1 Å². The third kappa shape index (κ3) is 3.18. The van der Waals surface area contributed by atoms with Gasteiger partial charge in [0.2, 0.25) is 5.91 Å². The predicted molar refractivity (Wildman–Crippen MR) is 58.7 cm³/mol. The van der Waals surface area contributed by atoms with E-state index >= 15 is 0 Å². The molecule has 0 aliphatic carbocycles. The van der Waals surface area contributed by atoms with Crippen molar-refractivity contribution in [3.05, 3.63) is 0 Å². The monoisotopic (exact) mass is 232 g/mol. The largest absolute Gasteiger partial charge is 0.480 e. The fourth-order valence-corrected chi connectivity index (χ4v) is 1.45. The molecule has 0 fully saturated rings. The third-order valence-corrected chi connectivity index (χ3v) is 3.01. The van der Waals surface area contributed by atoms with Crippen LogP contribution in [0.2, 0.25) is 0 Å². The molecule has 0 saturated heterocycles. The number of carbonyl (C=O) groups excluding carboxylic acids is 1. The Morgan fingerprint density at radius 1 is 1.38 bits per heavy atom. The molecule has 1 amide bonds. The molecule has 94 valence electrons. The van der Waals surface area contributed by atoms with Crippen molar-refractivity contribution in [3.63, 3.8) is 0 Å². The number of nitrogens with two attached hydrogens (primary N) is 1. The molecule has 0 bridgehead atoms. The SMILES string of the molecule is CCC(CC)(CN)C(=O)N[C@H](CO)C(=O)O. The van der Waals surface area contributed by atoms with Gasteiger partial charge in [-0.15, -0.1) is 0 Å². The lowest BCUT2D eigenvalue weighted by Crippen LogP contribution is -2.52. The molecule has 0 radical (unpaired) electrons. The van der Waals surface area contributed by atoms with E-state index in [1.807, 2.05) is 13.8 Å². The number of aliphatic hydroxyl groups excluding tert-OH is 1. The van der Waals surface area contributed by atoms with E-state index in [0.717, 1.165) is 0 Å². The number of carboxylic acids is 1. The zero-order valence-electron chi connectivity index (χ0n) is 9.69. The van der Waals surface area contributed by atoms with Crippen molar-refractivity contribution in [3.8, 4) is 0 Å². The molecule has 16 heavy (non-hydrogen) atoms. The van der Waals surface area contributed by atoms with Crippen LogP contribution < -0.4 is 11.1 Å². The minimum absolute atomic E-state index is 0.156. The highest BCUT2D eigenvalue weighted by atomic mass is 16.4. The first-order chi connectivity index (χ1) is 7.47. The summed E-state index contributed by atoms with van der Waals surface area (Å²) in [4.78, 5) is 22.5. The molecule has 0 rings (SSSR count). The maximum absolute atomic E-state index is 11.9. The van der Waals surface area contributed by atoms with E-state index in [0.29, 0.717) is 12.8 Å². The Bertz CT molecular complexity index is 243. The van der Waals surface area contributed by atoms with Crippen LogP contribution in [0.15, 0.2) is 0 Å². The van der Waals surface area contributed by atoms with Gasteiger partial charge in [0, 0.05) is 6.54 Å². The summed E-state index contributed by atoms with van der Waals surface area (Å²) in [7, 11) is 0. The maximum Gasteiger partial charge on any atom is 0.328 e. The van der Waals surface area contributed by atoms with Gasteiger partial charge in [0.1, 0.15) is 6.04 Å². The predicted octanol–water partition coefficient (Wildman–Crippen LogP) is -0.687. The molecule has 0 unspecified atom stereocenters. The van der Waals surface area contributed by atoms with E-state index in [1.54, 1.807) is 0 Å². The van der Waals surface area contributed by atoms with E-state index in [4.69, 9.17) is 15.9 Å². The van der Waals surface area contributed by atoms with Gasteiger partial charge >= 0.3 is 5.97 Å². The summed E-state index contributed by atoms with van der Waals surface area (Å²) in [5.74, 6) is -1.67. The lowest BCUT2D eigenvalue weighted by molar-refractivity contribution is -0.145.